The molecule has 0 saturated carbocycles. The van der Waals surface area contributed by atoms with Crippen LogP contribution in [0.25, 0.3) is 0 Å². The van der Waals surface area contributed by atoms with Crippen molar-refractivity contribution in [2.75, 3.05) is 45.7 Å². The SMILES string of the molecule is COc1cc(NC(=S)N2CCN(S(=O)(=O)c3ccc(CC(C)C)cc3)CC2)cc(OC)c1. The van der Waals surface area contributed by atoms with Gasteiger partial charge in [-0.25, -0.2) is 8.42 Å². The fourth-order valence-electron chi connectivity index (χ4n) is 3.63. The zero-order valence-corrected chi connectivity index (χ0v) is 20.6. The minimum atomic E-state index is -3.52. The first-order valence-electron chi connectivity index (χ1n) is 10.6. The van der Waals surface area contributed by atoms with Crippen molar-refractivity contribution in [1.29, 1.82) is 0 Å². The number of thiocarbonyl (C=S) groups is 1. The Morgan fingerprint density at radius 1 is 1.00 bits per heavy atom. The minimum absolute atomic E-state index is 0.336. The molecule has 0 bridgehead atoms. The molecule has 32 heavy (non-hydrogen) atoms. The molecule has 1 saturated heterocycles. The molecule has 9 heteroatoms. The van der Waals surface area contributed by atoms with Crippen LogP contribution < -0.4 is 14.8 Å². The van der Waals surface area contributed by atoms with Gasteiger partial charge in [-0.2, -0.15) is 4.31 Å². The van der Waals surface area contributed by atoms with E-state index in [-0.39, 0.29) is 0 Å². The summed E-state index contributed by atoms with van der Waals surface area (Å²) in [5, 5.41) is 3.73. The van der Waals surface area contributed by atoms with Crippen molar-refractivity contribution in [1.82, 2.24) is 9.21 Å². The number of sulfonamides is 1. The van der Waals surface area contributed by atoms with Crippen LogP contribution in [0.15, 0.2) is 47.4 Å². The number of rotatable bonds is 7. The van der Waals surface area contributed by atoms with Crippen molar-refractivity contribution in [3.8, 4) is 11.5 Å². The molecular weight excluding hydrogens is 446 g/mol. The van der Waals surface area contributed by atoms with Crippen LogP contribution in [0.2, 0.25) is 0 Å². The third kappa shape index (κ3) is 5.90. The second-order valence-corrected chi connectivity index (χ2v) is 10.5. The topological polar surface area (TPSA) is 71.1 Å². The second kappa shape index (κ2) is 10.5. The second-order valence-electron chi connectivity index (χ2n) is 8.16. The molecule has 0 aliphatic carbocycles. The Bertz CT molecular complexity index is 1010. The Kier molecular flexibility index (Phi) is 7.97. The average molecular weight is 478 g/mol. The highest BCUT2D eigenvalue weighted by molar-refractivity contribution is 7.89. The molecule has 174 valence electrons. The molecule has 7 nitrogen and oxygen atoms in total. The molecular formula is C23H31N3O4S2. The number of anilines is 1. The summed E-state index contributed by atoms with van der Waals surface area (Å²) < 4.78 is 38.2. The van der Waals surface area contributed by atoms with Crippen LogP contribution in [-0.2, 0) is 16.4 Å². The highest BCUT2D eigenvalue weighted by Crippen LogP contribution is 2.26. The van der Waals surface area contributed by atoms with E-state index in [0.29, 0.717) is 53.6 Å². The number of piperazine rings is 1. The van der Waals surface area contributed by atoms with Gasteiger partial charge in [0.1, 0.15) is 11.5 Å². The number of methoxy groups -OCH3 is 2. The first-order chi connectivity index (χ1) is 15.2. The van der Waals surface area contributed by atoms with Crippen molar-refractivity contribution in [3.63, 3.8) is 0 Å². The van der Waals surface area contributed by atoms with Crippen molar-refractivity contribution in [2.24, 2.45) is 5.92 Å². The summed E-state index contributed by atoms with van der Waals surface area (Å²) >= 11 is 5.55. The summed E-state index contributed by atoms with van der Waals surface area (Å²) in [5.74, 6) is 1.84. The van der Waals surface area contributed by atoms with Crippen LogP contribution >= 0.6 is 12.2 Å². The molecule has 0 amide bonds. The van der Waals surface area contributed by atoms with Crippen molar-refractivity contribution < 1.29 is 17.9 Å². The normalized spacial score (nSPS) is 15.0. The third-order valence-electron chi connectivity index (χ3n) is 5.33. The van der Waals surface area contributed by atoms with Crippen LogP contribution in [0.4, 0.5) is 5.69 Å². The molecule has 1 aliphatic heterocycles. The molecule has 1 aliphatic rings. The van der Waals surface area contributed by atoms with Gasteiger partial charge in [-0.3, -0.25) is 0 Å². The Balaban J connectivity index is 1.61. The predicted octanol–water partition coefficient (Wildman–Crippen LogP) is 3.61. The lowest BCUT2D eigenvalue weighted by atomic mass is 10.0. The highest BCUT2D eigenvalue weighted by Gasteiger charge is 2.29. The molecule has 0 unspecified atom stereocenters. The van der Waals surface area contributed by atoms with Gasteiger partial charge in [0.2, 0.25) is 10.0 Å². The Morgan fingerprint density at radius 2 is 1.56 bits per heavy atom. The van der Waals surface area contributed by atoms with Crippen LogP contribution in [0.1, 0.15) is 19.4 Å². The molecule has 1 N–H and O–H groups in total. The lowest BCUT2D eigenvalue weighted by Gasteiger charge is -2.35. The van der Waals surface area contributed by atoms with E-state index in [1.165, 1.54) is 4.31 Å². The number of hydrogen-bond acceptors (Lipinski definition) is 5. The van der Waals surface area contributed by atoms with Gasteiger partial charge in [0.25, 0.3) is 0 Å². The van der Waals surface area contributed by atoms with E-state index in [9.17, 15) is 8.42 Å². The maximum Gasteiger partial charge on any atom is 0.243 e. The average Bonchev–Trinajstić information content (AvgIpc) is 2.78. The van der Waals surface area contributed by atoms with Crippen LogP contribution in [-0.4, -0.2) is 63.1 Å². The third-order valence-corrected chi connectivity index (χ3v) is 7.61. The van der Waals surface area contributed by atoms with E-state index in [4.69, 9.17) is 21.7 Å². The van der Waals surface area contributed by atoms with E-state index in [2.05, 4.69) is 19.2 Å². The van der Waals surface area contributed by atoms with E-state index >= 15 is 0 Å². The van der Waals surface area contributed by atoms with E-state index in [0.717, 1.165) is 17.7 Å². The largest absolute Gasteiger partial charge is 0.497 e. The van der Waals surface area contributed by atoms with Crippen molar-refractivity contribution >= 4 is 33.0 Å². The molecule has 2 aromatic carbocycles. The summed E-state index contributed by atoms with van der Waals surface area (Å²) in [4.78, 5) is 2.31. The van der Waals surface area contributed by atoms with Gasteiger partial charge in [0, 0.05) is 50.1 Å². The van der Waals surface area contributed by atoms with Crippen LogP contribution in [0.3, 0.4) is 0 Å². The lowest BCUT2D eigenvalue weighted by Crippen LogP contribution is -2.51. The van der Waals surface area contributed by atoms with Gasteiger partial charge >= 0.3 is 0 Å². The summed E-state index contributed by atoms with van der Waals surface area (Å²) in [5.41, 5.74) is 1.90. The number of nitrogens with zero attached hydrogens (tertiary/aromatic N) is 2. The number of ether oxygens (including phenoxy) is 2. The number of benzene rings is 2. The molecule has 0 radical (unpaired) electrons. The van der Waals surface area contributed by atoms with Crippen molar-refractivity contribution in [3.05, 3.63) is 48.0 Å². The molecule has 1 fully saturated rings. The zero-order valence-electron chi connectivity index (χ0n) is 19.0. The van der Waals surface area contributed by atoms with Gasteiger partial charge in [-0.15, -0.1) is 0 Å². The number of nitrogens with one attached hydrogen (secondary N) is 1. The Morgan fingerprint density at radius 3 is 2.06 bits per heavy atom. The van der Waals surface area contributed by atoms with Gasteiger partial charge < -0.3 is 19.7 Å². The fraction of sp³-hybridized carbons (Fsp3) is 0.435. The van der Waals surface area contributed by atoms with Gasteiger partial charge in [0.15, 0.2) is 5.11 Å². The summed E-state index contributed by atoms with van der Waals surface area (Å²) in [6.07, 6.45) is 0.933. The monoisotopic (exact) mass is 477 g/mol. The van der Waals surface area contributed by atoms with Crippen LogP contribution in [0.5, 0.6) is 11.5 Å². The first kappa shape index (κ1) is 24.3. The first-order valence-corrected chi connectivity index (χ1v) is 12.5. The molecule has 2 aromatic rings. The van der Waals surface area contributed by atoms with Gasteiger partial charge in [-0.1, -0.05) is 26.0 Å². The van der Waals surface area contributed by atoms with Crippen molar-refractivity contribution in [2.45, 2.75) is 25.2 Å². The van der Waals surface area contributed by atoms with Gasteiger partial charge in [0.05, 0.1) is 19.1 Å². The fourth-order valence-corrected chi connectivity index (χ4v) is 5.35. The molecule has 3 rings (SSSR count). The Hall–Kier alpha value is -2.36. The van der Waals surface area contributed by atoms with Gasteiger partial charge in [-0.05, 0) is 42.3 Å². The van der Waals surface area contributed by atoms with Crippen LogP contribution in [0, 0.1) is 5.92 Å². The Labute approximate surface area is 196 Å². The maximum absolute atomic E-state index is 13.1. The zero-order chi connectivity index (χ0) is 23.3. The standard InChI is InChI=1S/C23H31N3O4S2/c1-17(2)13-18-5-7-22(8-6-18)32(27,28)26-11-9-25(10-12-26)23(31)24-19-14-20(29-3)16-21(15-19)30-4/h5-8,14-17H,9-13H2,1-4H3,(H,24,31). The molecule has 0 aromatic heterocycles. The predicted molar refractivity (Wildman–Crippen MR) is 131 cm³/mol. The van der Waals surface area contributed by atoms with E-state index in [1.54, 1.807) is 32.4 Å². The molecule has 0 atom stereocenters. The number of hydrogen-bond donors (Lipinski definition) is 1. The summed E-state index contributed by atoms with van der Waals surface area (Å²) in [7, 11) is -0.340. The van der Waals surface area contributed by atoms with E-state index in [1.807, 2.05) is 29.2 Å². The molecule has 1 heterocycles. The summed E-state index contributed by atoms with van der Waals surface area (Å²) in [6.45, 7) is 6.07. The quantitative estimate of drug-likeness (QED) is 0.611. The summed E-state index contributed by atoms with van der Waals surface area (Å²) in [6, 6.07) is 12.7. The molecule has 0 spiro atoms. The maximum atomic E-state index is 13.1. The lowest BCUT2D eigenvalue weighted by molar-refractivity contribution is 0.268. The highest BCUT2D eigenvalue weighted by atomic mass is 32.2. The van der Waals surface area contributed by atoms with E-state index < -0.39 is 10.0 Å². The smallest absolute Gasteiger partial charge is 0.243 e. The minimum Gasteiger partial charge on any atom is -0.497 e.